The summed E-state index contributed by atoms with van der Waals surface area (Å²) < 4.78 is 62.8. The van der Waals surface area contributed by atoms with Gasteiger partial charge in [-0.25, -0.2) is 21.9 Å². The SMILES string of the molecule is COc1cccc(CNC[C@H](O)[C@H](Cc2cc(F)cc(F)c2)NC(=O)c2nc(NS(C)(=O)=O)oc2C)c1. The van der Waals surface area contributed by atoms with Crippen molar-refractivity contribution >= 4 is 21.9 Å². The van der Waals surface area contributed by atoms with Crippen LogP contribution in [0, 0.1) is 18.6 Å². The second-order valence-electron chi connectivity index (χ2n) is 8.41. The highest BCUT2D eigenvalue weighted by Gasteiger charge is 2.26. The lowest BCUT2D eigenvalue weighted by molar-refractivity contribution is 0.0824. The smallest absolute Gasteiger partial charge is 0.309 e. The number of halogens is 2. The quantitative estimate of drug-likeness (QED) is 0.275. The molecule has 0 fully saturated rings. The Labute approximate surface area is 213 Å². The average Bonchev–Trinajstić information content (AvgIpc) is 3.16. The maximum Gasteiger partial charge on any atom is 0.309 e. The van der Waals surface area contributed by atoms with E-state index in [-0.39, 0.29) is 30.0 Å². The molecule has 13 heteroatoms. The van der Waals surface area contributed by atoms with Gasteiger partial charge in [0.15, 0.2) is 5.69 Å². The Balaban J connectivity index is 1.75. The number of hydrogen-bond donors (Lipinski definition) is 4. The van der Waals surface area contributed by atoms with Gasteiger partial charge in [0.2, 0.25) is 10.0 Å². The predicted molar refractivity (Wildman–Crippen MR) is 132 cm³/mol. The number of rotatable bonds is 12. The minimum Gasteiger partial charge on any atom is -0.497 e. The van der Waals surface area contributed by atoms with Crippen molar-refractivity contribution in [2.24, 2.45) is 0 Å². The molecule has 0 spiro atoms. The van der Waals surface area contributed by atoms with Gasteiger partial charge in [0.05, 0.1) is 25.5 Å². The summed E-state index contributed by atoms with van der Waals surface area (Å²) in [7, 11) is -2.14. The van der Waals surface area contributed by atoms with Crippen molar-refractivity contribution < 1.29 is 36.3 Å². The van der Waals surface area contributed by atoms with Crippen molar-refractivity contribution in [1.82, 2.24) is 15.6 Å². The number of oxazole rings is 1. The number of carbonyl (C=O) groups is 1. The number of ether oxygens (including phenoxy) is 1. The van der Waals surface area contributed by atoms with Crippen LogP contribution in [0.3, 0.4) is 0 Å². The van der Waals surface area contributed by atoms with Crippen LogP contribution in [-0.2, 0) is 23.0 Å². The molecule has 200 valence electrons. The third-order valence-corrected chi connectivity index (χ3v) is 5.81. The van der Waals surface area contributed by atoms with Crippen LogP contribution in [0.2, 0.25) is 0 Å². The molecule has 0 aliphatic carbocycles. The molecule has 0 aliphatic heterocycles. The third kappa shape index (κ3) is 8.51. The van der Waals surface area contributed by atoms with E-state index in [1.165, 1.54) is 6.92 Å². The van der Waals surface area contributed by atoms with Gasteiger partial charge < -0.3 is 24.9 Å². The minimum atomic E-state index is -3.69. The molecule has 0 saturated carbocycles. The molecule has 3 rings (SSSR count). The Hall–Kier alpha value is -3.55. The Morgan fingerprint density at radius 2 is 1.86 bits per heavy atom. The third-order valence-electron chi connectivity index (χ3n) is 5.26. The number of aromatic nitrogens is 1. The molecule has 1 amide bonds. The number of benzene rings is 2. The maximum absolute atomic E-state index is 13.8. The molecule has 2 aromatic carbocycles. The van der Waals surface area contributed by atoms with Gasteiger partial charge >= 0.3 is 6.01 Å². The Morgan fingerprint density at radius 3 is 2.51 bits per heavy atom. The van der Waals surface area contributed by atoms with Crippen molar-refractivity contribution in [3.05, 3.63) is 76.7 Å². The molecule has 37 heavy (non-hydrogen) atoms. The maximum atomic E-state index is 13.8. The van der Waals surface area contributed by atoms with Gasteiger partial charge in [-0.1, -0.05) is 12.1 Å². The zero-order chi connectivity index (χ0) is 27.2. The largest absolute Gasteiger partial charge is 0.497 e. The van der Waals surface area contributed by atoms with E-state index in [2.05, 4.69) is 15.6 Å². The summed E-state index contributed by atoms with van der Waals surface area (Å²) in [5, 5.41) is 16.6. The first-order valence-corrected chi connectivity index (χ1v) is 13.1. The first-order valence-electron chi connectivity index (χ1n) is 11.2. The van der Waals surface area contributed by atoms with Gasteiger partial charge in [0, 0.05) is 19.2 Å². The summed E-state index contributed by atoms with van der Waals surface area (Å²) in [4.78, 5) is 16.8. The standard InChI is InChI=1S/C24H28F2N4O6S/c1-14-22(29-24(36-14)30-37(3,33)34)23(32)28-20(10-16-7-17(25)11-18(26)8-16)21(31)13-27-12-15-5-4-6-19(9-15)35-2/h4-9,11,20-21,27,31H,10,12-13H2,1-3H3,(H,28,32)(H,29,30)/t20-,21-/m0/s1. The van der Waals surface area contributed by atoms with Gasteiger partial charge in [0.25, 0.3) is 5.91 Å². The summed E-state index contributed by atoms with van der Waals surface area (Å²) in [6.45, 7) is 1.82. The number of aliphatic hydroxyl groups excluding tert-OH is 1. The second kappa shape index (κ2) is 12.1. The molecule has 1 heterocycles. The van der Waals surface area contributed by atoms with Crippen LogP contribution in [-0.4, -0.2) is 56.5 Å². The first-order chi connectivity index (χ1) is 17.4. The van der Waals surface area contributed by atoms with Gasteiger partial charge in [-0.3, -0.25) is 4.79 Å². The molecule has 2 atom stereocenters. The number of methoxy groups -OCH3 is 1. The Kier molecular flexibility index (Phi) is 9.18. The first kappa shape index (κ1) is 28.0. The van der Waals surface area contributed by atoms with E-state index in [0.29, 0.717) is 12.3 Å². The van der Waals surface area contributed by atoms with Crippen LogP contribution in [0.25, 0.3) is 0 Å². The van der Waals surface area contributed by atoms with E-state index < -0.39 is 45.7 Å². The van der Waals surface area contributed by atoms with Gasteiger partial charge in [-0.2, -0.15) is 4.98 Å². The lowest BCUT2D eigenvalue weighted by Crippen LogP contribution is -2.48. The van der Waals surface area contributed by atoms with Gasteiger partial charge in [-0.05, 0) is 48.7 Å². The monoisotopic (exact) mass is 538 g/mol. The number of anilines is 1. The van der Waals surface area contributed by atoms with Gasteiger partial charge in [0.1, 0.15) is 23.1 Å². The van der Waals surface area contributed by atoms with Crippen molar-refractivity contribution in [2.45, 2.75) is 32.0 Å². The molecular formula is C24H28F2N4O6S. The van der Waals surface area contributed by atoms with E-state index in [4.69, 9.17) is 9.15 Å². The molecule has 0 unspecified atom stereocenters. The number of amides is 1. The highest BCUT2D eigenvalue weighted by Crippen LogP contribution is 2.17. The minimum absolute atomic E-state index is 0.0264. The molecule has 0 bridgehead atoms. The lowest BCUT2D eigenvalue weighted by atomic mass is 10.00. The fourth-order valence-corrected chi connectivity index (χ4v) is 4.01. The molecule has 0 saturated heterocycles. The van der Waals surface area contributed by atoms with E-state index in [1.54, 1.807) is 13.2 Å². The van der Waals surface area contributed by atoms with Crippen LogP contribution in [0.1, 0.15) is 27.4 Å². The number of nitrogens with zero attached hydrogens (tertiary/aromatic N) is 1. The summed E-state index contributed by atoms with van der Waals surface area (Å²) >= 11 is 0. The number of hydrogen-bond acceptors (Lipinski definition) is 8. The number of carbonyl (C=O) groups excluding carboxylic acids is 1. The predicted octanol–water partition coefficient (Wildman–Crippen LogP) is 2.13. The van der Waals surface area contributed by atoms with Gasteiger partial charge in [-0.15, -0.1) is 0 Å². The molecule has 10 nitrogen and oxygen atoms in total. The number of aryl methyl sites for hydroxylation is 1. The van der Waals surface area contributed by atoms with Crippen molar-refractivity contribution in [2.75, 3.05) is 24.6 Å². The summed E-state index contributed by atoms with van der Waals surface area (Å²) in [6.07, 6.45) is -0.384. The summed E-state index contributed by atoms with van der Waals surface area (Å²) in [5.74, 6) is -1.66. The average molecular weight is 539 g/mol. The molecule has 3 aromatic rings. The fourth-order valence-electron chi connectivity index (χ4n) is 3.60. The van der Waals surface area contributed by atoms with E-state index in [9.17, 15) is 27.1 Å². The zero-order valence-corrected chi connectivity index (χ0v) is 21.2. The molecule has 0 radical (unpaired) electrons. The number of aliphatic hydroxyl groups is 1. The molecular weight excluding hydrogens is 510 g/mol. The van der Waals surface area contributed by atoms with Crippen LogP contribution >= 0.6 is 0 Å². The van der Waals surface area contributed by atoms with E-state index in [0.717, 1.165) is 30.0 Å². The molecule has 0 aliphatic rings. The van der Waals surface area contributed by atoms with E-state index >= 15 is 0 Å². The highest BCUT2D eigenvalue weighted by atomic mass is 32.2. The summed E-state index contributed by atoms with van der Waals surface area (Å²) in [5.41, 5.74) is 0.896. The normalized spacial score (nSPS) is 13.1. The Bertz CT molecular complexity index is 1330. The highest BCUT2D eigenvalue weighted by molar-refractivity contribution is 7.91. The Morgan fingerprint density at radius 1 is 1.16 bits per heavy atom. The van der Waals surface area contributed by atoms with Crippen LogP contribution in [0.4, 0.5) is 14.8 Å². The van der Waals surface area contributed by atoms with Crippen molar-refractivity contribution in [3.8, 4) is 5.75 Å². The zero-order valence-electron chi connectivity index (χ0n) is 20.4. The fraction of sp³-hybridized carbons (Fsp3) is 0.333. The van der Waals surface area contributed by atoms with Crippen LogP contribution in [0.5, 0.6) is 5.75 Å². The van der Waals surface area contributed by atoms with Crippen LogP contribution < -0.4 is 20.1 Å². The lowest BCUT2D eigenvalue weighted by Gasteiger charge is -2.24. The molecule has 4 N–H and O–H groups in total. The van der Waals surface area contributed by atoms with Crippen molar-refractivity contribution in [1.29, 1.82) is 0 Å². The molecule has 1 aromatic heterocycles. The topological polar surface area (TPSA) is 143 Å². The second-order valence-corrected chi connectivity index (χ2v) is 10.2. The summed E-state index contributed by atoms with van der Waals surface area (Å²) in [6, 6.07) is 8.85. The number of nitrogens with one attached hydrogen (secondary N) is 3. The number of sulfonamides is 1. The van der Waals surface area contributed by atoms with Crippen molar-refractivity contribution in [3.63, 3.8) is 0 Å². The van der Waals surface area contributed by atoms with E-state index in [1.807, 2.05) is 22.9 Å². The van der Waals surface area contributed by atoms with Crippen LogP contribution in [0.15, 0.2) is 46.9 Å².